The van der Waals surface area contributed by atoms with E-state index in [4.69, 9.17) is 0 Å². The van der Waals surface area contributed by atoms with Gasteiger partial charge in [-0.1, -0.05) is 19.3 Å². The number of piperidine rings is 1. The molecule has 1 aromatic heterocycles. The number of amides is 1. The van der Waals surface area contributed by atoms with Crippen LogP contribution in [0.2, 0.25) is 0 Å². The van der Waals surface area contributed by atoms with Crippen LogP contribution in [0.1, 0.15) is 63.6 Å². The second kappa shape index (κ2) is 7.94. The first-order valence-corrected chi connectivity index (χ1v) is 10.4. The van der Waals surface area contributed by atoms with Crippen molar-refractivity contribution in [1.82, 2.24) is 25.0 Å². The van der Waals surface area contributed by atoms with Crippen LogP contribution in [-0.2, 0) is 17.8 Å². The summed E-state index contributed by atoms with van der Waals surface area (Å²) in [7, 11) is 0. The zero-order valence-electron chi connectivity index (χ0n) is 15.6. The van der Waals surface area contributed by atoms with E-state index in [0.29, 0.717) is 6.54 Å². The van der Waals surface area contributed by atoms with Crippen LogP contribution >= 0.6 is 0 Å². The Bertz CT molecular complexity index is 668. The second-order valence-corrected chi connectivity index (χ2v) is 8.23. The van der Waals surface area contributed by atoms with Crippen LogP contribution in [-0.4, -0.2) is 50.7 Å². The van der Waals surface area contributed by atoms with Gasteiger partial charge in [0, 0.05) is 31.0 Å². The molecule has 1 saturated heterocycles. The van der Waals surface area contributed by atoms with E-state index in [-0.39, 0.29) is 23.6 Å². The minimum absolute atomic E-state index is 0.137. The average molecular weight is 361 g/mol. The Hall–Kier alpha value is -1.63. The molecule has 1 saturated carbocycles. The molecule has 7 nitrogen and oxygen atoms in total. The van der Waals surface area contributed by atoms with Gasteiger partial charge in [-0.25, -0.2) is 9.89 Å². The number of rotatable bonds is 3. The number of H-pyrrole nitrogens is 1. The maximum Gasteiger partial charge on any atom is 0.343 e. The van der Waals surface area contributed by atoms with Crippen molar-refractivity contribution in [2.24, 2.45) is 5.92 Å². The van der Waals surface area contributed by atoms with Crippen LogP contribution in [0.25, 0.3) is 0 Å². The number of aromatic nitrogens is 3. The van der Waals surface area contributed by atoms with E-state index in [0.717, 1.165) is 57.1 Å². The smallest absolute Gasteiger partial charge is 0.343 e. The van der Waals surface area contributed by atoms with Crippen molar-refractivity contribution in [1.29, 1.82) is 0 Å². The molecule has 1 aliphatic carbocycles. The number of carbonyl (C=O) groups is 1. The third kappa shape index (κ3) is 3.87. The predicted molar refractivity (Wildman–Crippen MR) is 98.9 cm³/mol. The quantitative estimate of drug-likeness (QED) is 0.853. The lowest BCUT2D eigenvalue weighted by atomic mass is 9.89. The molecule has 2 aliphatic heterocycles. The topological polar surface area (TPSA) is 83.0 Å². The van der Waals surface area contributed by atoms with Gasteiger partial charge in [0.2, 0.25) is 5.91 Å². The molecule has 0 spiro atoms. The van der Waals surface area contributed by atoms with E-state index in [1.54, 1.807) is 4.57 Å². The van der Waals surface area contributed by atoms with Crippen molar-refractivity contribution in [2.45, 2.75) is 82.8 Å². The molecule has 1 unspecified atom stereocenters. The fraction of sp³-hybridized carbons (Fsp3) is 0.842. The van der Waals surface area contributed by atoms with Gasteiger partial charge in [0.05, 0.1) is 0 Å². The highest BCUT2D eigenvalue weighted by molar-refractivity contribution is 5.79. The summed E-state index contributed by atoms with van der Waals surface area (Å²) in [6, 6.07) is 0.912. The standard InChI is InChI=1S/C19H31N5O2/c25-18(14-8-11-23(12-9-14)16-4-2-1-3-5-16)20-15-6-7-17-21-22-19(26)24(17)13-10-15/h14-16H,1-13H2,(H,20,25)(H,22,26). The number of hydrogen-bond donors (Lipinski definition) is 2. The number of nitrogens with zero attached hydrogens (tertiary/aromatic N) is 3. The fourth-order valence-corrected chi connectivity index (χ4v) is 4.94. The van der Waals surface area contributed by atoms with Gasteiger partial charge in [0.1, 0.15) is 5.82 Å². The van der Waals surface area contributed by atoms with Gasteiger partial charge in [-0.2, -0.15) is 5.10 Å². The number of aryl methyl sites for hydroxylation is 1. The average Bonchev–Trinajstić information content (AvgIpc) is 2.91. The lowest BCUT2D eigenvalue weighted by Crippen LogP contribution is -2.47. The van der Waals surface area contributed by atoms with Crippen molar-refractivity contribution >= 4 is 5.91 Å². The van der Waals surface area contributed by atoms with E-state index in [9.17, 15) is 9.59 Å². The Labute approximate surface area is 154 Å². The Morgan fingerprint density at radius 2 is 1.77 bits per heavy atom. The summed E-state index contributed by atoms with van der Waals surface area (Å²) in [5.41, 5.74) is -0.137. The number of likely N-dealkylation sites (tertiary alicyclic amines) is 1. The molecule has 0 radical (unpaired) electrons. The summed E-state index contributed by atoms with van der Waals surface area (Å²) in [5.74, 6) is 1.18. The fourth-order valence-electron chi connectivity index (χ4n) is 4.94. The molecule has 1 aromatic rings. The molecular weight excluding hydrogens is 330 g/mol. The molecule has 2 N–H and O–H groups in total. The maximum absolute atomic E-state index is 12.7. The second-order valence-electron chi connectivity index (χ2n) is 8.23. The minimum Gasteiger partial charge on any atom is -0.353 e. The first-order chi connectivity index (χ1) is 12.7. The van der Waals surface area contributed by atoms with Gasteiger partial charge >= 0.3 is 5.69 Å². The summed E-state index contributed by atoms with van der Waals surface area (Å²) in [6.45, 7) is 2.77. The van der Waals surface area contributed by atoms with Gasteiger partial charge in [0.15, 0.2) is 0 Å². The Morgan fingerprint density at radius 3 is 2.54 bits per heavy atom. The van der Waals surface area contributed by atoms with Crippen LogP contribution in [0.15, 0.2) is 4.79 Å². The lowest BCUT2D eigenvalue weighted by Gasteiger charge is -2.39. The molecule has 2 fully saturated rings. The molecule has 26 heavy (non-hydrogen) atoms. The molecule has 0 aromatic carbocycles. The summed E-state index contributed by atoms with van der Waals surface area (Å²) in [6.07, 6.45) is 11.2. The van der Waals surface area contributed by atoms with Crippen molar-refractivity contribution in [3.63, 3.8) is 0 Å². The summed E-state index contributed by atoms with van der Waals surface area (Å²) in [5, 5.41) is 9.85. The van der Waals surface area contributed by atoms with Crippen LogP contribution in [0.3, 0.4) is 0 Å². The number of nitrogens with one attached hydrogen (secondary N) is 2. The van der Waals surface area contributed by atoms with Gasteiger partial charge < -0.3 is 10.2 Å². The first-order valence-electron chi connectivity index (χ1n) is 10.4. The Balaban J connectivity index is 1.25. The Kier molecular flexibility index (Phi) is 5.43. The van der Waals surface area contributed by atoms with Gasteiger partial charge in [-0.15, -0.1) is 0 Å². The summed E-state index contributed by atoms with van der Waals surface area (Å²) in [4.78, 5) is 27.1. The molecule has 1 amide bonds. The molecule has 3 aliphatic rings. The van der Waals surface area contributed by atoms with Crippen molar-refractivity contribution in [3.8, 4) is 0 Å². The van der Waals surface area contributed by atoms with E-state index < -0.39 is 0 Å². The largest absolute Gasteiger partial charge is 0.353 e. The molecule has 0 bridgehead atoms. The van der Waals surface area contributed by atoms with Crippen LogP contribution in [0, 0.1) is 5.92 Å². The van der Waals surface area contributed by atoms with Crippen LogP contribution in [0.5, 0.6) is 0 Å². The van der Waals surface area contributed by atoms with Crippen molar-refractivity contribution < 1.29 is 4.79 Å². The van der Waals surface area contributed by atoms with E-state index >= 15 is 0 Å². The normalized spacial score (nSPS) is 26.2. The van der Waals surface area contributed by atoms with Gasteiger partial charge in [-0.3, -0.25) is 9.36 Å². The summed E-state index contributed by atoms with van der Waals surface area (Å²) >= 11 is 0. The molecule has 7 heteroatoms. The predicted octanol–water partition coefficient (Wildman–Crippen LogP) is 1.44. The highest BCUT2D eigenvalue weighted by atomic mass is 16.2. The van der Waals surface area contributed by atoms with E-state index in [1.165, 1.54) is 32.1 Å². The van der Waals surface area contributed by atoms with Crippen molar-refractivity contribution in [2.75, 3.05) is 13.1 Å². The third-order valence-corrected chi connectivity index (χ3v) is 6.59. The lowest BCUT2D eigenvalue weighted by molar-refractivity contribution is -0.127. The maximum atomic E-state index is 12.7. The van der Waals surface area contributed by atoms with Crippen molar-refractivity contribution in [3.05, 3.63) is 16.3 Å². The summed E-state index contributed by atoms with van der Waals surface area (Å²) < 4.78 is 1.70. The number of carbonyl (C=O) groups excluding carboxylic acids is 1. The van der Waals surface area contributed by atoms with Crippen LogP contribution in [0.4, 0.5) is 0 Å². The van der Waals surface area contributed by atoms with Crippen LogP contribution < -0.4 is 11.0 Å². The van der Waals surface area contributed by atoms with Gasteiger partial charge in [0.25, 0.3) is 0 Å². The SMILES string of the molecule is O=C(NC1CCc2n[nH]c(=O)n2CC1)C1CCN(C2CCCCC2)CC1. The van der Waals surface area contributed by atoms with E-state index in [2.05, 4.69) is 20.4 Å². The number of hydrogen-bond acceptors (Lipinski definition) is 4. The number of fused-ring (bicyclic) bond motifs is 1. The molecule has 144 valence electrons. The molecule has 1 atom stereocenters. The number of aromatic amines is 1. The van der Waals surface area contributed by atoms with E-state index in [1.807, 2.05) is 0 Å². The molecule has 4 rings (SSSR count). The Morgan fingerprint density at radius 1 is 1.00 bits per heavy atom. The molecule has 3 heterocycles. The highest BCUT2D eigenvalue weighted by Gasteiger charge is 2.30. The zero-order valence-corrected chi connectivity index (χ0v) is 15.6. The third-order valence-electron chi connectivity index (χ3n) is 6.59. The highest BCUT2D eigenvalue weighted by Crippen LogP contribution is 2.27. The first kappa shape index (κ1) is 17.8. The minimum atomic E-state index is -0.137. The zero-order chi connectivity index (χ0) is 17.9. The van der Waals surface area contributed by atoms with Gasteiger partial charge in [-0.05, 0) is 51.6 Å². The molecular formula is C19H31N5O2. The monoisotopic (exact) mass is 361 g/mol.